The lowest BCUT2D eigenvalue weighted by Crippen LogP contribution is -2.11. The van der Waals surface area contributed by atoms with Gasteiger partial charge < -0.3 is 9.64 Å². The van der Waals surface area contributed by atoms with Crippen molar-refractivity contribution in [3.05, 3.63) is 41.5 Å². The molecular weight excluding hydrogens is 238 g/mol. The molecule has 19 heavy (non-hydrogen) atoms. The van der Waals surface area contributed by atoms with E-state index in [1.54, 1.807) is 0 Å². The van der Waals surface area contributed by atoms with Gasteiger partial charge in [0.05, 0.1) is 6.61 Å². The van der Waals surface area contributed by atoms with Crippen LogP contribution in [-0.4, -0.2) is 31.6 Å². The number of ether oxygens (including phenoxy) is 1. The lowest BCUT2D eigenvalue weighted by Gasteiger charge is -2.11. The number of unbranched alkanes of at least 4 members (excludes halogenated alkanes) is 1. The van der Waals surface area contributed by atoms with E-state index in [2.05, 4.69) is 17.9 Å². The van der Waals surface area contributed by atoms with Gasteiger partial charge in [-0.1, -0.05) is 37.6 Å². The van der Waals surface area contributed by atoms with Gasteiger partial charge in [-0.05, 0) is 37.7 Å². The normalized spacial score (nSPS) is 11.2. The summed E-state index contributed by atoms with van der Waals surface area (Å²) >= 11 is 0. The third-order valence-electron chi connectivity index (χ3n) is 2.68. The van der Waals surface area contributed by atoms with Gasteiger partial charge in [-0.3, -0.25) is 0 Å². The molecule has 0 amide bonds. The highest BCUT2D eigenvalue weighted by atomic mass is 16.5. The fourth-order valence-electron chi connectivity index (χ4n) is 1.70. The predicted molar refractivity (Wildman–Crippen MR) is 78.7 cm³/mol. The monoisotopic (exact) mass is 261 g/mol. The summed E-state index contributed by atoms with van der Waals surface area (Å²) in [6.07, 6.45) is 5.27. The van der Waals surface area contributed by atoms with Gasteiger partial charge in [-0.25, -0.2) is 4.79 Å². The van der Waals surface area contributed by atoms with E-state index in [4.69, 9.17) is 4.74 Å². The summed E-state index contributed by atoms with van der Waals surface area (Å²) in [7, 11) is 4.05. The van der Waals surface area contributed by atoms with E-state index in [0.29, 0.717) is 6.61 Å². The molecule has 0 atom stereocenters. The van der Waals surface area contributed by atoms with Gasteiger partial charge in [0, 0.05) is 12.6 Å². The molecule has 0 radical (unpaired) electrons. The molecule has 0 fully saturated rings. The molecule has 0 heterocycles. The second kappa shape index (κ2) is 8.48. The summed E-state index contributed by atoms with van der Waals surface area (Å²) in [5.74, 6) is -0.270. The Morgan fingerprint density at radius 1 is 1.32 bits per heavy atom. The fraction of sp³-hybridized carbons (Fsp3) is 0.438. The van der Waals surface area contributed by atoms with Crippen LogP contribution in [0, 0.1) is 0 Å². The molecule has 0 aliphatic heterocycles. The second-order valence-corrected chi connectivity index (χ2v) is 4.79. The fourth-order valence-corrected chi connectivity index (χ4v) is 1.70. The number of benzene rings is 1. The van der Waals surface area contributed by atoms with Crippen LogP contribution in [0.25, 0.3) is 6.08 Å². The topological polar surface area (TPSA) is 29.5 Å². The predicted octanol–water partition coefficient (Wildman–Crippen LogP) is 3.10. The van der Waals surface area contributed by atoms with E-state index in [-0.39, 0.29) is 5.97 Å². The maximum absolute atomic E-state index is 11.5. The second-order valence-electron chi connectivity index (χ2n) is 4.79. The number of hydrogen-bond acceptors (Lipinski definition) is 3. The maximum Gasteiger partial charge on any atom is 0.330 e. The molecular formula is C16H23NO2. The summed E-state index contributed by atoms with van der Waals surface area (Å²) < 4.78 is 5.09. The van der Waals surface area contributed by atoms with Crippen molar-refractivity contribution in [1.29, 1.82) is 0 Å². The van der Waals surface area contributed by atoms with E-state index in [1.165, 1.54) is 11.6 Å². The average Bonchev–Trinajstić information content (AvgIpc) is 2.37. The molecule has 0 aliphatic carbocycles. The molecule has 0 N–H and O–H groups in total. The highest BCUT2D eigenvalue weighted by Crippen LogP contribution is 2.12. The Morgan fingerprint density at radius 3 is 2.74 bits per heavy atom. The van der Waals surface area contributed by atoms with E-state index in [1.807, 2.05) is 38.4 Å². The first-order chi connectivity index (χ1) is 9.13. The van der Waals surface area contributed by atoms with Crippen molar-refractivity contribution in [2.75, 3.05) is 20.7 Å². The summed E-state index contributed by atoms with van der Waals surface area (Å²) in [4.78, 5) is 13.6. The Hall–Kier alpha value is -1.61. The van der Waals surface area contributed by atoms with E-state index in [9.17, 15) is 4.79 Å². The Bertz CT molecular complexity index is 425. The number of rotatable bonds is 7. The molecule has 104 valence electrons. The molecule has 3 nitrogen and oxygen atoms in total. The highest BCUT2D eigenvalue weighted by Gasteiger charge is 2.01. The largest absolute Gasteiger partial charge is 0.463 e. The van der Waals surface area contributed by atoms with Crippen molar-refractivity contribution < 1.29 is 9.53 Å². The van der Waals surface area contributed by atoms with Gasteiger partial charge in [0.25, 0.3) is 0 Å². The number of carbonyl (C=O) groups is 1. The molecule has 1 rings (SSSR count). The van der Waals surface area contributed by atoms with Crippen molar-refractivity contribution in [3.8, 4) is 0 Å². The first kappa shape index (κ1) is 15.4. The first-order valence-electron chi connectivity index (χ1n) is 6.71. The zero-order chi connectivity index (χ0) is 14.1. The molecule has 0 aromatic heterocycles. The minimum atomic E-state index is -0.270. The molecule has 0 bridgehead atoms. The third-order valence-corrected chi connectivity index (χ3v) is 2.68. The lowest BCUT2D eigenvalue weighted by molar-refractivity contribution is -0.137. The van der Waals surface area contributed by atoms with Gasteiger partial charge in [-0.2, -0.15) is 0 Å². The lowest BCUT2D eigenvalue weighted by atomic mass is 10.1. The Labute approximate surface area is 115 Å². The Kier molecular flexibility index (Phi) is 6.90. The maximum atomic E-state index is 11.5. The molecule has 0 saturated heterocycles. The summed E-state index contributed by atoms with van der Waals surface area (Å²) in [6.45, 7) is 3.42. The van der Waals surface area contributed by atoms with Crippen LogP contribution >= 0.6 is 0 Å². The van der Waals surface area contributed by atoms with Crippen LogP contribution in [0.4, 0.5) is 0 Å². The van der Waals surface area contributed by atoms with Crippen molar-refractivity contribution >= 4 is 12.0 Å². The highest BCUT2D eigenvalue weighted by molar-refractivity contribution is 5.87. The SMILES string of the molecule is CCCCOC(=O)/C=C/c1ccccc1CN(C)C. The van der Waals surface area contributed by atoms with Crippen LogP contribution in [0.3, 0.4) is 0 Å². The van der Waals surface area contributed by atoms with Gasteiger partial charge in [0.15, 0.2) is 0 Å². The van der Waals surface area contributed by atoms with Crippen LogP contribution in [0.15, 0.2) is 30.3 Å². The van der Waals surface area contributed by atoms with Crippen molar-refractivity contribution in [2.24, 2.45) is 0 Å². The number of hydrogen-bond donors (Lipinski definition) is 0. The van der Waals surface area contributed by atoms with Crippen LogP contribution in [0.5, 0.6) is 0 Å². The Morgan fingerprint density at radius 2 is 2.05 bits per heavy atom. The zero-order valence-electron chi connectivity index (χ0n) is 12.1. The third kappa shape index (κ3) is 6.20. The summed E-state index contributed by atoms with van der Waals surface area (Å²) in [5, 5.41) is 0. The van der Waals surface area contributed by atoms with Crippen molar-refractivity contribution in [2.45, 2.75) is 26.3 Å². The van der Waals surface area contributed by atoms with E-state index in [0.717, 1.165) is 24.9 Å². The molecule has 0 aliphatic rings. The molecule has 0 spiro atoms. The van der Waals surface area contributed by atoms with Gasteiger partial charge in [-0.15, -0.1) is 0 Å². The zero-order valence-corrected chi connectivity index (χ0v) is 12.1. The first-order valence-corrected chi connectivity index (χ1v) is 6.71. The number of esters is 1. The van der Waals surface area contributed by atoms with Crippen LogP contribution < -0.4 is 0 Å². The van der Waals surface area contributed by atoms with Gasteiger partial charge >= 0.3 is 5.97 Å². The Balaban J connectivity index is 2.62. The smallest absolute Gasteiger partial charge is 0.330 e. The molecule has 0 saturated carbocycles. The average molecular weight is 261 g/mol. The molecule has 1 aromatic carbocycles. The number of carbonyl (C=O) groups excluding carboxylic acids is 1. The standard InChI is InChI=1S/C16H23NO2/c1-4-5-12-19-16(18)11-10-14-8-6-7-9-15(14)13-17(2)3/h6-11H,4-5,12-13H2,1-3H3/b11-10+. The van der Waals surface area contributed by atoms with E-state index >= 15 is 0 Å². The summed E-state index contributed by atoms with van der Waals surface area (Å²) in [6, 6.07) is 8.06. The van der Waals surface area contributed by atoms with Crippen molar-refractivity contribution in [3.63, 3.8) is 0 Å². The van der Waals surface area contributed by atoms with Crippen LogP contribution in [0.2, 0.25) is 0 Å². The summed E-state index contributed by atoms with van der Waals surface area (Å²) in [5.41, 5.74) is 2.26. The minimum Gasteiger partial charge on any atom is -0.463 e. The molecule has 1 aromatic rings. The minimum absolute atomic E-state index is 0.270. The quantitative estimate of drug-likeness (QED) is 0.429. The molecule has 0 unspecified atom stereocenters. The van der Waals surface area contributed by atoms with Crippen LogP contribution in [0.1, 0.15) is 30.9 Å². The van der Waals surface area contributed by atoms with Crippen LogP contribution in [-0.2, 0) is 16.1 Å². The molecule has 3 heteroatoms. The van der Waals surface area contributed by atoms with Gasteiger partial charge in [0.2, 0.25) is 0 Å². The van der Waals surface area contributed by atoms with Gasteiger partial charge in [0.1, 0.15) is 0 Å². The van der Waals surface area contributed by atoms with E-state index < -0.39 is 0 Å². The van der Waals surface area contributed by atoms with Crippen molar-refractivity contribution in [1.82, 2.24) is 4.90 Å². The number of nitrogens with zero attached hydrogens (tertiary/aromatic N) is 1.